The molecule has 0 radical (unpaired) electrons. The van der Waals surface area contributed by atoms with Crippen LogP contribution in [0.3, 0.4) is 0 Å². The lowest BCUT2D eigenvalue weighted by atomic mass is 10.0. The predicted molar refractivity (Wildman–Crippen MR) is 88.7 cm³/mol. The largest absolute Gasteiger partial charge is 0.397 e. The standard InChI is InChI=1S/C14H16N2O6S2/c15-11-8-7-10(14(13(11)16)24(20,21)22)6-5-9-3-1-2-4-12(9)23(17,18)19/h1-4,7-8H,5-6,15-16H2,(H,17,18,19)(H,20,21,22). The van der Waals surface area contributed by atoms with Gasteiger partial charge in [0.2, 0.25) is 0 Å². The van der Waals surface area contributed by atoms with E-state index in [-0.39, 0.29) is 34.7 Å². The van der Waals surface area contributed by atoms with Gasteiger partial charge in [-0.05, 0) is 36.1 Å². The van der Waals surface area contributed by atoms with Gasteiger partial charge in [0, 0.05) is 0 Å². The van der Waals surface area contributed by atoms with Gasteiger partial charge in [0.15, 0.2) is 0 Å². The van der Waals surface area contributed by atoms with Gasteiger partial charge in [0.25, 0.3) is 20.2 Å². The van der Waals surface area contributed by atoms with E-state index in [9.17, 15) is 25.9 Å². The van der Waals surface area contributed by atoms with Crippen LogP contribution in [0.25, 0.3) is 0 Å². The number of anilines is 2. The molecule has 0 saturated heterocycles. The number of nitrogen functional groups attached to an aromatic ring is 2. The third-order valence-corrected chi connectivity index (χ3v) is 5.44. The van der Waals surface area contributed by atoms with Crippen LogP contribution < -0.4 is 11.5 Å². The lowest BCUT2D eigenvalue weighted by Gasteiger charge is -2.13. The monoisotopic (exact) mass is 372 g/mol. The van der Waals surface area contributed by atoms with Crippen molar-refractivity contribution in [2.45, 2.75) is 22.6 Å². The molecule has 0 unspecified atom stereocenters. The fraction of sp³-hybridized carbons (Fsp3) is 0.143. The molecule has 0 amide bonds. The summed E-state index contributed by atoms with van der Waals surface area (Å²) in [5.41, 5.74) is 11.4. The Hall–Kier alpha value is -2.14. The molecule has 0 aromatic heterocycles. The van der Waals surface area contributed by atoms with Crippen molar-refractivity contribution in [3.05, 3.63) is 47.5 Å². The number of benzene rings is 2. The second kappa shape index (κ2) is 6.40. The first-order valence-electron chi connectivity index (χ1n) is 6.71. The number of aryl methyl sites for hydroxylation is 2. The Morgan fingerprint density at radius 2 is 1.38 bits per heavy atom. The van der Waals surface area contributed by atoms with Crippen molar-refractivity contribution in [3.8, 4) is 0 Å². The number of hydrogen-bond acceptors (Lipinski definition) is 6. The first kappa shape index (κ1) is 18.2. The van der Waals surface area contributed by atoms with Crippen LogP contribution in [0, 0.1) is 0 Å². The van der Waals surface area contributed by atoms with E-state index in [1.807, 2.05) is 0 Å². The molecule has 0 heterocycles. The van der Waals surface area contributed by atoms with E-state index in [0.29, 0.717) is 5.56 Å². The van der Waals surface area contributed by atoms with E-state index in [4.69, 9.17) is 11.5 Å². The topological polar surface area (TPSA) is 161 Å². The van der Waals surface area contributed by atoms with Gasteiger partial charge in [-0.3, -0.25) is 9.11 Å². The maximum Gasteiger partial charge on any atom is 0.296 e. The van der Waals surface area contributed by atoms with Crippen LogP contribution in [-0.4, -0.2) is 25.9 Å². The number of rotatable bonds is 5. The smallest absolute Gasteiger partial charge is 0.296 e. The van der Waals surface area contributed by atoms with Gasteiger partial charge in [-0.15, -0.1) is 0 Å². The average Bonchev–Trinajstić information content (AvgIpc) is 2.46. The lowest BCUT2D eigenvalue weighted by Crippen LogP contribution is -2.11. The second-order valence-corrected chi connectivity index (χ2v) is 7.86. The third kappa shape index (κ3) is 3.85. The van der Waals surface area contributed by atoms with Crippen molar-refractivity contribution in [2.75, 3.05) is 11.5 Å². The summed E-state index contributed by atoms with van der Waals surface area (Å²) in [5, 5.41) is 0. The van der Waals surface area contributed by atoms with Crippen molar-refractivity contribution in [1.82, 2.24) is 0 Å². The van der Waals surface area contributed by atoms with Gasteiger partial charge in [-0.25, -0.2) is 0 Å². The molecule has 24 heavy (non-hydrogen) atoms. The first-order valence-corrected chi connectivity index (χ1v) is 9.59. The molecule has 0 aliphatic carbocycles. The molecule has 0 atom stereocenters. The molecule has 0 saturated carbocycles. The molecule has 130 valence electrons. The van der Waals surface area contributed by atoms with Crippen LogP contribution in [0.15, 0.2) is 46.2 Å². The molecular weight excluding hydrogens is 356 g/mol. The molecule has 10 heteroatoms. The predicted octanol–water partition coefficient (Wildman–Crippen LogP) is 1.13. The minimum absolute atomic E-state index is 0.00436. The first-order chi connectivity index (χ1) is 11.0. The highest BCUT2D eigenvalue weighted by molar-refractivity contribution is 7.86. The molecule has 8 nitrogen and oxygen atoms in total. The zero-order valence-electron chi connectivity index (χ0n) is 12.4. The highest BCUT2D eigenvalue weighted by Crippen LogP contribution is 2.29. The minimum Gasteiger partial charge on any atom is -0.397 e. The Morgan fingerprint density at radius 3 is 1.96 bits per heavy atom. The van der Waals surface area contributed by atoms with E-state index >= 15 is 0 Å². The van der Waals surface area contributed by atoms with Crippen LogP contribution in [0.2, 0.25) is 0 Å². The number of hydrogen-bond donors (Lipinski definition) is 4. The van der Waals surface area contributed by atoms with Crippen LogP contribution >= 0.6 is 0 Å². The molecule has 2 rings (SSSR count). The Bertz CT molecular complexity index is 984. The molecule has 0 spiro atoms. The molecule has 0 fully saturated rings. The van der Waals surface area contributed by atoms with Crippen molar-refractivity contribution in [2.24, 2.45) is 0 Å². The molecule has 2 aromatic rings. The summed E-state index contributed by atoms with van der Waals surface area (Å²) in [6.07, 6.45) is 0.161. The van der Waals surface area contributed by atoms with Crippen LogP contribution in [0.4, 0.5) is 11.4 Å². The lowest BCUT2D eigenvalue weighted by molar-refractivity contribution is 0.479. The second-order valence-electron chi connectivity index (χ2n) is 5.11. The molecule has 6 N–H and O–H groups in total. The molecule has 0 bridgehead atoms. The molecule has 0 aliphatic rings. The summed E-state index contributed by atoms with van der Waals surface area (Å²) in [5.74, 6) is 0. The van der Waals surface area contributed by atoms with E-state index in [1.165, 1.54) is 30.3 Å². The maximum absolute atomic E-state index is 11.5. The summed E-state index contributed by atoms with van der Waals surface area (Å²) < 4.78 is 64.4. The van der Waals surface area contributed by atoms with Gasteiger partial charge in [0.1, 0.15) is 4.90 Å². The van der Waals surface area contributed by atoms with E-state index in [0.717, 1.165) is 0 Å². The molecular formula is C14H16N2O6S2. The summed E-state index contributed by atoms with van der Waals surface area (Å²) in [6.45, 7) is 0. The van der Waals surface area contributed by atoms with E-state index in [2.05, 4.69) is 0 Å². The summed E-state index contributed by atoms with van der Waals surface area (Å²) >= 11 is 0. The molecule has 2 aromatic carbocycles. The SMILES string of the molecule is Nc1ccc(CCc2ccccc2S(=O)(=O)O)c(S(=O)(=O)O)c1N. The van der Waals surface area contributed by atoms with Crippen LogP contribution in [-0.2, 0) is 33.1 Å². The van der Waals surface area contributed by atoms with Crippen molar-refractivity contribution >= 4 is 31.6 Å². The Morgan fingerprint density at radius 1 is 0.792 bits per heavy atom. The highest BCUT2D eigenvalue weighted by atomic mass is 32.2. The third-order valence-electron chi connectivity index (χ3n) is 3.48. The number of nitrogens with two attached hydrogens (primary N) is 2. The Labute approximate surface area is 139 Å². The van der Waals surface area contributed by atoms with Crippen LogP contribution in [0.5, 0.6) is 0 Å². The fourth-order valence-corrected chi connectivity index (χ4v) is 4.04. The van der Waals surface area contributed by atoms with Gasteiger partial charge in [-0.2, -0.15) is 16.8 Å². The van der Waals surface area contributed by atoms with E-state index < -0.39 is 25.1 Å². The van der Waals surface area contributed by atoms with Crippen molar-refractivity contribution in [3.63, 3.8) is 0 Å². The normalized spacial score (nSPS) is 12.2. The van der Waals surface area contributed by atoms with Gasteiger partial charge in [0.05, 0.1) is 16.3 Å². The molecule has 0 aliphatic heterocycles. The van der Waals surface area contributed by atoms with Crippen molar-refractivity contribution in [1.29, 1.82) is 0 Å². The Kier molecular flexibility index (Phi) is 4.85. The van der Waals surface area contributed by atoms with Gasteiger partial charge < -0.3 is 11.5 Å². The Balaban J connectivity index is 2.44. The highest BCUT2D eigenvalue weighted by Gasteiger charge is 2.22. The summed E-state index contributed by atoms with van der Waals surface area (Å²) in [4.78, 5) is -0.756. The minimum atomic E-state index is -4.60. The zero-order valence-corrected chi connectivity index (χ0v) is 14.0. The van der Waals surface area contributed by atoms with E-state index in [1.54, 1.807) is 6.07 Å². The summed E-state index contributed by atoms with van der Waals surface area (Å²) in [7, 11) is -9.01. The fourth-order valence-electron chi connectivity index (χ4n) is 2.39. The van der Waals surface area contributed by atoms with Gasteiger partial charge in [-0.1, -0.05) is 24.3 Å². The maximum atomic E-state index is 11.5. The summed E-state index contributed by atoms with van der Waals surface area (Å²) in [6, 6.07) is 8.57. The van der Waals surface area contributed by atoms with Gasteiger partial charge >= 0.3 is 0 Å². The average molecular weight is 372 g/mol. The van der Waals surface area contributed by atoms with Crippen LogP contribution in [0.1, 0.15) is 11.1 Å². The quantitative estimate of drug-likeness (QED) is 0.448. The van der Waals surface area contributed by atoms with Crippen molar-refractivity contribution < 1.29 is 25.9 Å². The zero-order chi connectivity index (χ0) is 18.1.